The van der Waals surface area contributed by atoms with Crippen LogP contribution < -0.4 is 0 Å². The van der Waals surface area contributed by atoms with Crippen LogP contribution in [0, 0.1) is 11.3 Å². The second-order valence-corrected chi connectivity index (χ2v) is 3.65. The highest BCUT2D eigenvalue weighted by atomic mass is 16.4. The first kappa shape index (κ1) is 14.4. The molecular formula is C10H17N3O3. The van der Waals surface area contributed by atoms with E-state index in [0.717, 1.165) is 0 Å². The van der Waals surface area contributed by atoms with Crippen LogP contribution >= 0.6 is 0 Å². The van der Waals surface area contributed by atoms with E-state index in [9.17, 15) is 9.59 Å². The molecule has 0 aliphatic rings. The largest absolute Gasteiger partial charge is 0.480 e. The van der Waals surface area contributed by atoms with Crippen LogP contribution in [0.3, 0.4) is 0 Å². The molecule has 0 saturated heterocycles. The highest BCUT2D eigenvalue weighted by molar-refractivity contribution is 5.79. The van der Waals surface area contributed by atoms with E-state index in [0.29, 0.717) is 6.54 Å². The average molecular weight is 227 g/mol. The van der Waals surface area contributed by atoms with Crippen LogP contribution in [-0.4, -0.2) is 60.0 Å². The van der Waals surface area contributed by atoms with Gasteiger partial charge in [-0.05, 0) is 14.0 Å². The van der Waals surface area contributed by atoms with Crippen LogP contribution in [-0.2, 0) is 9.59 Å². The van der Waals surface area contributed by atoms with Crippen molar-refractivity contribution in [2.45, 2.75) is 19.4 Å². The Morgan fingerprint density at radius 1 is 1.44 bits per heavy atom. The molecule has 1 N–H and O–H groups in total. The molecular weight excluding hydrogens is 210 g/mol. The zero-order valence-corrected chi connectivity index (χ0v) is 9.80. The van der Waals surface area contributed by atoms with E-state index < -0.39 is 12.0 Å². The van der Waals surface area contributed by atoms with Gasteiger partial charge >= 0.3 is 5.97 Å². The van der Waals surface area contributed by atoms with Gasteiger partial charge in [-0.25, -0.2) is 0 Å². The van der Waals surface area contributed by atoms with Gasteiger partial charge in [-0.3, -0.25) is 14.5 Å². The van der Waals surface area contributed by atoms with Gasteiger partial charge in [-0.2, -0.15) is 5.26 Å². The molecule has 6 heteroatoms. The van der Waals surface area contributed by atoms with Crippen molar-refractivity contribution in [1.29, 1.82) is 5.26 Å². The van der Waals surface area contributed by atoms with E-state index in [1.807, 2.05) is 6.07 Å². The van der Waals surface area contributed by atoms with Crippen molar-refractivity contribution in [2.75, 3.05) is 27.2 Å². The van der Waals surface area contributed by atoms with Crippen molar-refractivity contribution in [3.63, 3.8) is 0 Å². The molecule has 0 radical (unpaired) electrons. The summed E-state index contributed by atoms with van der Waals surface area (Å²) in [5.41, 5.74) is 0. The summed E-state index contributed by atoms with van der Waals surface area (Å²) in [6.45, 7) is 1.92. The molecule has 0 aliphatic carbocycles. The fourth-order valence-electron chi connectivity index (χ4n) is 1.00. The van der Waals surface area contributed by atoms with Gasteiger partial charge in [0.1, 0.15) is 6.04 Å². The van der Waals surface area contributed by atoms with Crippen LogP contribution in [0.4, 0.5) is 0 Å². The van der Waals surface area contributed by atoms with Gasteiger partial charge in [-0.1, -0.05) is 0 Å². The summed E-state index contributed by atoms with van der Waals surface area (Å²) in [5.74, 6) is -1.15. The third kappa shape index (κ3) is 4.75. The fourth-order valence-corrected chi connectivity index (χ4v) is 1.00. The monoisotopic (exact) mass is 227 g/mol. The molecule has 6 nitrogen and oxygen atoms in total. The van der Waals surface area contributed by atoms with Crippen molar-refractivity contribution >= 4 is 11.9 Å². The summed E-state index contributed by atoms with van der Waals surface area (Å²) < 4.78 is 0. The molecule has 0 bridgehead atoms. The van der Waals surface area contributed by atoms with Crippen molar-refractivity contribution in [1.82, 2.24) is 9.80 Å². The van der Waals surface area contributed by atoms with E-state index >= 15 is 0 Å². The van der Waals surface area contributed by atoms with Gasteiger partial charge in [0.25, 0.3) is 0 Å². The number of hydrogen-bond acceptors (Lipinski definition) is 4. The lowest BCUT2D eigenvalue weighted by Gasteiger charge is -2.23. The van der Waals surface area contributed by atoms with E-state index in [-0.39, 0.29) is 18.9 Å². The maximum Gasteiger partial charge on any atom is 0.320 e. The smallest absolute Gasteiger partial charge is 0.320 e. The van der Waals surface area contributed by atoms with Crippen molar-refractivity contribution in [2.24, 2.45) is 0 Å². The lowest BCUT2D eigenvalue weighted by atomic mass is 10.3. The SMILES string of the molecule is CC(C(=O)O)N(C)CC(=O)N(C)CCC#N. The minimum Gasteiger partial charge on any atom is -0.480 e. The zero-order chi connectivity index (χ0) is 12.7. The molecule has 0 aromatic heterocycles. The predicted molar refractivity (Wildman–Crippen MR) is 57.6 cm³/mol. The first-order valence-electron chi connectivity index (χ1n) is 4.94. The number of hydrogen-bond donors (Lipinski definition) is 1. The van der Waals surface area contributed by atoms with Crippen molar-refractivity contribution in [3.05, 3.63) is 0 Å². The van der Waals surface area contributed by atoms with Gasteiger partial charge in [0.15, 0.2) is 0 Å². The van der Waals surface area contributed by atoms with Crippen LogP contribution in [0.5, 0.6) is 0 Å². The summed E-state index contributed by atoms with van der Waals surface area (Å²) in [6, 6.07) is 1.25. The standard InChI is InChI=1S/C10H17N3O3/c1-8(10(15)16)13(3)7-9(14)12(2)6-4-5-11/h8H,4,6-7H2,1-3H3,(H,15,16). The molecule has 1 atom stereocenters. The summed E-state index contributed by atoms with van der Waals surface area (Å²) in [6.07, 6.45) is 0.278. The Morgan fingerprint density at radius 3 is 2.44 bits per heavy atom. The first-order chi connectivity index (χ1) is 7.40. The van der Waals surface area contributed by atoms with Crippen LogP contribution in [0.2, 0.25) is 0 Å². The Balaban J connectivity index is 4.14. The normalized spacial score (nSPS) is 11.9. The molecule has 1 amide bonds. The van der Waals surface area contributed by atoms with E-state index in [2.05, 4.69) is 0 Å². The Labute approximate surface area is 95.1 Å². The van der Waals surface area contributed by atoms with Crippen LogP contribution in [0.25, 0.3) is 0 Å². The second-order valence-electron chi connectivity index (χ2n) is 3.65. The van der Waals surface area contributed by atoms with Crippen molar-refractivity contribution in [3.8, 4) is 6.07 Å². The summed E-state index contributed by atoms with van der Waals surface area (Å²) in [4.78, 5) is 25.1. The van der Waals surface area contributed by atoms with Crippen LogP contribution in [0.15, 0.2) is 0 Å². The molecule has 0 aromatic carbocycles. The van der Waals surface area contributed by atoms with Gasteiger partial charge in [0, 0.05) is 13.6 Å². The quantitative estimate of drug-likeness (QED) is 0.677. The maximum absolute atomic E-state index is 11.6. The molecule has 16 heavy (non-hydrogen) atoms. The number of likely N-dealkylation sites (N-methyl/N-ethyl adjacent to an activating group) is 2. The first-order valence-corrected chi connectivity index (χ1v) is 4.94. The predicted octanol–water partition coefficient (Wildman–Crippen LogP) is -0.237. The second kappa shape index (κ2) is 6.80. The number of nitriles is 1. The summed E-state index contributed by atoms with van der Waals surface area (Å²) >= 11 is 0. The summed E-state index contributed by atoms with van der Waals surface area (Å²) in [5, 5.41) is 17.1. The number of amides is 1. The average Bonchev–Trinajstić information content (AvgIpc) is 2.24. The Kier molecular flexibility index (Phi) is 6.11. The molecule has 0 spiro atoms. The zero-order valence-electron chi connectivity index (χ0n) is 9.80. The van der Waals surface area contributed by atoms with Gasteiger partial charge in [0.05, 0.1) is 19.0 Å². The number of carbonyl (C=O) groups is 2. The molecule has 0 saturated carbocycles. The Hall–Kier alpha value is -1.61. The van der Waals surface area contributed by atoms with Gasteiger partial charge < -0.3 is 10.0 Å². The van der Waals surface area contributed by atoms with E-state index in [4.69, 9.17) is 10.4 Å². The highest BCUT2D eigenvalue weighted by Gasteiger charge is 2.20. The molecule has 0 rings (SSSR count). The number of aliphatic carboxylic acids is 1. The fraction of sp³-hybridized carbons (Fsp3) is 0.700. The Bertz CT molecular complexity index is 298. The summed E-state index contributed by atoms with van der Waals surface area (Å²) in [7, 11) is 3.17. The number of carbonyl (C=O) groups excluding carboxylic acids is 1. The minimum absolute atomic E-state index is 0.0371. The third-order valence-electron chi connectivity index (χ3n) is 2.39. The third-order valence-corrected chi connectivity index (χ3v) is 2.39. The lowest BCUT2D eigenvalue weighted by molar-refractivity contribution is -0.143. The van der Waals surface area contributed by atoms with Crippen molar-refractivity contribution < 1.29 is 14.7 Å². The minimum atomic E-state index is -0.963. The molecule has 0 heterocycles. The number of carboxylic acids is 1. The number of nitrogens with zero attached hydrogens (tertiary/aromatic N) is 3. The molecule has 1 unspecified atom stereocenters. The molecule has 0 aromatic rings. The van der Waals surface area contributed by atoms with E-state index in [1.165, 1.54) is 16.7 Å². The number of carboxylic acid groups (broad SMARTS) is 1. The highest BCUT2D eigenvalue weighted by Crippen LogP contribution is 1.97. The lowest BCUT2D eigenvalue weighted by Crippen LogP contribution is -2.43. The molecule has 90 valence electrons. The van der Waals surface area contributed by atoms with Gasteiger partial charge in [0.2, 0.25) is 5.91 Å². The molecule has 0 aliphatic heterocycles. The maximum atomic E-state index is 11.6. The van der Waals surface area contributed by atoms with Crippen LogP contribution in [0.1, 0.15) is 13.3 Å². The van der Waals surface area contributed by atoms with E-state index in [1.54, 1.807) is 14.1 Å². The van der Waals surface area contributed by atoms with Gasteiger partial charge in [-0.15, -0.1) is 0 Å². The molecule has 0 fully saturated rings. The number of rotatable bonds is 6. The Morgan fingerprint density at radius 2 is 2.00 bits per heavy atom. The topological polar surface area (TPSA) is 84.6 Å².